The minimum absolute atomic E-state index is 0.847. The molecule has 0 aromatic rings. The second kappa shape index (κ2) is 3.37. The van der Waals surface area contributed by atoms with Crippen LogP contribution in [0.3, 0.4) is 0 Å². The van der Waals surface area contributed by atoms with Crippen molar-refractivity contribution < 1.29 is 0 Å². The Kier molecular flexibility index (Phi) is 2.47. The summed E-state index contributed by atoms with van der Waals surface area (Å²) in [5.41, 5.74) is 0. The van der Waals surface area contributed by atoms with Gasteiger partial charge in [-0.1, -0.05) is 21.6 Å². The maximum absolute atomic E-state index is 3.59. The van der Waals surface area contributed by atoms with Crippen LogP contribution in [0, 0.1) is 5.92 Å². The Morgan fingerprint density at radius 1 is 1.20 bits per heavy atom. The van der Waals surface area contributed by atoms with Crippen molar-refractivity contribution in [2.75, 3.05) is 18.1 Å². The summed E-state index contributed by atoms with van der Waals surface area (Å²) in [7, 11) is 4.09. The molecule has 0 amide bonds. The van der Waals surface area contributed by atoms with Gasteiger partial charge in [-0.3, -0.25) is 0 Å². The van der Waals surface area contributed by atoms with E-state index in [0.717, 1.165) is 12.0 Å². The molecule has 2 aliphatic rings. The van der Waals surface area contributed by atoms with E-state index in [1.54, 1.807) is 0 Å². The van der Waals surface area contributed by atoms with E-state index in [0.29, 0.717) is 0 Å². The average molecular weight is 175 g/mol. The lowest BCUT2D eigenvalue weighted by atomic mass is 9.94. The van der Waals surface area contributed by atoms with Crippen molar-refractivity contribution in [3.63, 3.8) is 0 Å². The second-order valence-corrected chi connectivity index (χ2v) is 5.58. The minimum atomic E-state index is 0.847. The molecule has 0 saturated carbocycles. The summed E-state index contributed by atoms with van der Waals surface area (Å²) in [6, 6.07) is 0.847. The van der Waals surface area contributed by atoms with Crippen LogP contribution in [0.1, 0.15) is 12.8 Å². The normalized spacial score (nSPS) is 40.8. The van der Waals surface area contributed by atoms with Crippen LogP contribution in [0.2, 0.25) is 0 Å². The van der Waals surface area contributed by atoms with E-state index in [-0.39, 0.29) is 0 Å². The Morgan fingerprint density at radius 3 is 3.00 bits per heavy atom. The standard InChI is InChI=1S/C7H13NS2/c1-2-6-4-9-10-5-7(6)8-3-1/h6-8H,1-5H2. The summed E-state index contributed by atoms with van der Waals surface area (Å²) >= 11 is 0. The van der Waals surface area contributed by atoms with Crippen LogP contribution in [0.15, 0.2) is 0 Å². The number of nitrogens with one attached hydrogen (secondary N) is 1. The fourth-order valence-electron chi connectivity index (χ4n) is 1.67. The van der Waals surface area contributed by atoms with Gasteiger partial charge in [0.15, 0.2) is 0 Å². The Bertz CT molecular complexity index is 92.2. The predicted molar refractivity (Wildman–Crippen MR) is 49.4 cm³/mol. The van der Waals surface area contributed by atoms with Gasteiger partial charge in [-0.15, -0.1) is 0 Å². The third kappa shape index (κ3) is 1.46. The number of hydrogen-bond acceptors (Lipinski definition) is 3. The molecule has 0 spiro atoms. The van der Waals surface area contributed by atoms with Gasteiger partial charge >= 0.3 is 0 Å². The van der Waals surface area contributed by atoms with Crippen molar-refractivity contribution in [3.05, 3.63) is 0 Å². The molecule has 0 aromatic heterocycles. The Hall–Kier alpha value is 0.660. The first kappa shape index (κ1) is 7.32. The van der Waals surface area contributed by atoms with Crippen LogP contribution >= 0.6 is 21.6 Å². The van der Waals surface area contributed by atoms with Crippen molar-refractivity contribution in [2.24, 2.45) is 5.92 Å². The monoisotopic (exact) mass is 175 g/mol. The van der Waals surface area contributed by atoms with E-state index < -0.39 is 0 Å². The molecule has 2 aliphatic heterocycles. The van der Waals surface area contributed by atoms with Crippen molar-refractivity contribution in [3.8, 4) is 0 Å². The first-order chi connectivity index (χ1) is 4.97. The summed E-state index contributed by atoms with van der Waals surface area (Å²) in [5, 5.41) is 3.59. The molecule has 1 N–H and O–H groups in total. The molecule has 58 valence electrons. The Balaban J connectivity index is 1.93. The van der Waals surface area contributed by atoms with E-state index in [1.165, 1.54) is 30.9 Å². The van der Waals surface area contributed by atoms with E-state index in [2.05, 4.69) is 16.1 Å². The van der Waals surface area contributed by atoms with E-state index in [1.807, 2.05) is 10.8 Å². The first-order valence-electron chi connectivity index (χ1n) is 3.94. The highest BCUT2D eigenvalue weighted by molar-refractivity contribution is 8.76. The molecule has 2 unspecified atom stereocenters. The lowest BCUT2D eigenvalue weighted by Crippen LogP contribution is -2.45. The highest BCUT2D eigenvalue weighted by Crippen LogP contribution is 2.36. The number of piperidine rings is 1. The highest BCUT2D eigenvalue weighted by Gasteiger charge is 2.27. The van der Waals surface area contributed by atoms with Gasteiger partial charge in [0.1, 0.15) is 0 Å². The zero-order valence-corrected chi connectivity index (χ0v) is 7.64. The van der Waals surface area contributed by atoms with Gasteiger partial charge in [0, 0.05) is 17.5 Å². The van der Waals surface area contributed by atoms with Gasteiger partial charge in [0.25, 0.3) is 0 Å². The largest absolute Gasteiger partial charge is 0.313 e. The van der Waals surface area contributed by atoms with Crippen LogP contribution in [0.5, 0.6) is 0 Å². The van der Waals surface area contributed by atoms with E-state index in [4.69, 9.17) is 0 Å². The number of fused-ring (bicyclic) bond motifs is 1. The van der Waals surface area contributed by atoms with Gasteiger partial charge in [0.2, 0.25) is 0 Å². The molecule has 2 heterocycles. The number of rotatable bonds is 0. The topological polar surface area (TPSA) is 12.0 Å². The van der Waals surface area contributed by atoms with E-state index >= 15 is 0 Å². The summed E-state index contributed by atoms with van der Waals surface area (Å²) < 4.78 is 0. The number of hydrogen-bond donors (Lipinski definition) is 1. The van der Waals surface area contributed by atoms with Gasteiger partial charge in [-0.25, -0.2) is 0 Å². The zero-order valence-electron chi connectivity index (χ0n) is 6.01. The fourth-order valence-corrected chi connectivity index (χ4v) is 4.52. The van der Waals surface area contributed by atoms with Crippen molar-refractivity contribution >= 4 is 21.6 Å². The van der Waals surface area contributed by atoms with Crippen LogP contribution in [-0.4, -0.2) is 24.1 Å². The summed E-state index contributed by atoms with van der Waals surface area (Å²) in [4.78, 5) is 0. The maximum atomic E-state index is 3.59. The molecule has 3 heteroatoms. The van der Waals surface area contributed by atoms with Crippen LogP contribution in [-0.2, 0) is 0 Å². The molecule has 2 fully saturated rings. The average Bonchev–Trinajstić information content (AvgIpc) is 2.05. The molecular formula is C7H13NS2. The molecule has 2 saturated heterocycles. The lowest BCUT2D eigenvalue weighted by Gasteiger charge is -2.35. The third-order valence-corrected chi connectivity index (χ3v) is 4.88. The molecule has 10 heavy (non-hydrogen) atoms. The highest BCUT2D eigenvalue weighted by atomic mass is 33.1. The lowest BCUT2D eigenvalue weighted by molar-refractivity contribution is 0.327. The van der Waals surface area contributed by atoms with Crippen molar-refractivity contribution in [2.45, 2.75) is 18.9 Å². The molecule has 0 aliphatic carbocycles. The van der Waals surface area contributed by atoms with Crippen molar-refractivity contribution in [1.29, 1.82) is 0 Å². The van der Waals surface area contributed by atoms with Gasteiger partial charge in [0.05, 0.1) is 0 Å². The molecule has 1 nitrogen and oxygen atoms in total. The quantitative estimate of drug-likeness (QED) is 0.563. The SMILES string of the molecule is C1CNC2CSSCC2C1. The zero-order chi connectivity index (χ0) is 6.81. The molecule has 0 bridgehead atoms. The van der Waals surface area contributed by atoms with Gasteiger partial charge in [-0.2, -0.15) is 0 Å². The summed E-state index contributed by atoms with van der Waals surface area (Å²) in [6.45, 7) is 1.26. The molecule has 2 rings (SSSR count). The van der Waals surface area contributed by atoms with Crippen LogP contribution in [0.25, 0.3) is 0 Å². The Labute approximate surface area is 70.1 Å². The first-order valence-corrected chi connectivity index (χ1v) is 6.43. The second-order valence-electron chi connectivity index (χ2n) is 3.03. The smallest absolute Gasteiger partial charge is 0.0202 e. The fraction of sp³-hybridized carbons (Fsp3) is 1.00. The summed E-state index contributed by atoms with van der Waals surface area (Å²) in [6.07, 6.45) is 2.86. The minimum Gasteiger partial charge on any atom is -0.313 e. The van der Waals surface area contributed by atoms with Gasteiger partial charge < -0.3 is 5.32 Å². The third-order valence-electron chi connectivity index (χ3n) is 2.34. The predicted octanol–water partition coefficient (Wildman–Crippen LogP) is 1.75. The summed E-state index contributed by atoms with van der Waals surface area (Å²) in [5.74, 6) is 3.69. The van der Waals surface area contributed by atoms with Crippen LogP contribution < -0.4 is 5.32 Å². The van der Waals surface area contributed by atoms with Crippen LogP contribution in [0.4, 0.5) is 0 Å². The van der Waals surface area contributed by atoms with E-state index in [9.17, 15) is 0 Å². The van der Waals surface area contributed by atoms with Gasteiger partial charge in [-0.05, 0) is 25.3 Å². The maximum Gasteiger partial charge on any atom is 0.0202 e. The molecule has 2 atom stereocenters. The molecular weight excluding hydrogens is 162 g/mol. The molecule has 0 aromatic carbocycles. The molecule has 0 radical (unpaired) electrons. The Morgan fingerprint density at radius 2 is 2.10 bits per heavy atom. The van der Waals surface area contributed by atoms with Crippen molar-refractivity contribution in [1.82, 2.24) is 5.32 Å².